The number of halogens is 4. The van der Waals surface area contributed by atoms with Gasteiger partial charge in [0.25, 0.3) is 0 Å². The number of aromatic nitrogens is 2. The Balaban J connectivity index is 2.59. The highest BCUT2D eigenvalue weighted by Gasteiger charge is 2.33. The number of rotatable bonds is 2. The fourth-order valence-corrected chi connectivity index (χ4v) is 1.60. The average Bonchev–Trinajstić information content (AvgIpc) is 2.79. The van der Waals surface area contributed by atoms with E-state index in [1.165, 1.54) is 0 Å². The topological polar surface area (TPSA) is 85.2 Å². The molecule has 0 atom stereocenters. The fraction of sp³-hybridized carbons (Fsp3) is 0.200. The smallest absolute Gasteiger partial charge is 0.416 e. The van der Waals surface area contributed by atoms with E-state index in [4.69, 9.17) is 17.3 Å². The molecule has 1 aromatic heterocycles. The van der Waals surface area contributed by atoms with Gasteiger partial charge in [0.2, 0.25) is 11.7 Å². The number of aromatic hydroxyl groups is 1. The molecule has 5 nitrogen and oxygen atoms in total. The molecule has 0 fully saturated rings. The van der Waals surface area contributed by atoms with Crippen molar-refractivity contribution in [2.24, 2.45) is 5.73 Å². The lowest BCUT2D eigenvalue weighted by molar-refractivity contribution is -0.137. The molecule has 0 aliphatic heterocycles. The summed E-state index contributed by atoms with van der Waals surface area (Å²) in [6, 6.07) is 1.30. The summed E-state index contributed by atoms with van der Waals surface area (Å²) in [7, 11) is 0. The standard InChI is InChI=1S/C10H7ClF3N3O2/c11-6-2-4(10(12,13)14)1-5(8(6)18)9-16-7(3-15)19-17-9/h1-2,18H,3,15H2. The Morgan fingerprint density at radius 3 is 2.58 bits per heavy atom. The van der Waals surface area contributed by atoms with E-state index >= 15 is 0 Å². The van der Waals surface area contributed by atoms with Gasteiger partial charge >= 0.3 is 6.18 Å². The molecule has 0 spiro atoms. The van der Waals surface area contributed by atoms with Crippen LogP contribution in [-0.2, 0) is 12.7 Å². The second kappa shape index (κ2) is 4.71. The maximum absolute atomic E-state index is 12.6. The van der Waals surface area contributed by atoms with E-state index in [1.807, 2.05) is 0 Å². The summed E-state index contributed by atoms with van der Waals surface area (Å²) in [6.07, 6.45) is -4.60. The Morgan fingerprint density at radius 1 is 1.37 bits per heavy atom. The lowest BCUT2D eigenvalue weighted by atomic mass is 10.1. The van der Waals surface area contributed by atoms with Crippen LogP contribution in [0.4, 0.5) is 13.2 Å². The molecule has 102 valence electrons. The van der Waals surface area contributed by atoms with E-state index in [0.29, 0.717) is 12.1 Å². The van der Waals surface area contributed by atoms with E-state index in [1.54, 1.807) is 0 Å². The Hall–Kier alpha value is -1.80. The van der Waals surface area contributed by atoms with Crippen molar-refractivity contribution >= 4 is 11.6 Å². The second-order valence-corrected chi connectivity index (χ2v) is 3.98. The van der Waals surface area contributed by atoms with Crippen LogP contribution in [0.15, 0.2) is 16.7 Å². The summed E-state index contributed by atoms with van der Waals surface area (Å²) < 4.78 is 42.6. The van der Waals surface area contributed by atoms with E-state index < -0.39 is 22.5 Å². The van der Waals surface area contributed by atoms with Crippen molar-refractivity contribution in [2.75, 3.05) is 0 Å². The molecule has 2 rings (SSSR count). The van der Waals surface area contributed by atoms with Gasteiger partial charge in [0.1, 0.15) is 5.75 Å². The molecule has 2 aromatic rings. The third-order valence-corrected chi connectivity index (χ3v) is 2.56. The summed E-state index contributed by atoms with van der Waals surface area (Å²) in [4.78, 5) is 3.74. The quantitative estimate of drug-likeness (QED) is 0.889. The number of benzene rings is 1. The Bertz CT molecular complexity index is 613. The van der Waals surface area contributed by atoms with E-state index in [0.717, 1.165) is 0 Å². The molecule has 0 radical (unpaired) electrons. The first kappa shape index (κ1) is 13.6. The number of hydrogen-bond acceptors (Lipinski definition) is 5. The van der Waals surface area contributed by atoms with Crippen molar-refractivity contribution in [1.29, 1.82) is 0 Å². The Morgan fingerprint density at radius 2 is 2.05 bits per heavy atom. The van der Waals surface area contributed by atoms with Crippen LogP contribution in [0.3, 0.4) is 0 Å². The van der Waals surface area contributed by atoms with Gasteiger partial charge in [0.05, 0.1) is 22.7 Å². The minimum Gasteiger partial charge on any atom is -0.506 e. The van der Waals surface area contributed by atoms with Crippen molar-refractivity contribution < 1.29 is 22.8 Å². The predicted molar refractivity (Wildman–Crippen MR) is 59.3 cm³/mol. The predicted octanol–water partition coefficient (Wildman–Crippen LogP) is 2.57. The number of alkyl halides is 3. The van der Waals surface area contributed by atoms with Gasteiger partial charge in [-0.2, -0.15) is 18.2 Å². The largest absolute Gasteiger partial charge is 0.506 e. The number of hydrogen-bond donors (Lipinski definition) is 2. The molecular formula is C10H7ClF3N3O2. The van der Waals surface area contributed by atoms with Crippen LogP contribution in [-0.4, -0.2) is 15.2 Å². The first-order valence-electron chi connectivity index (χ1n) is 4.95. The van der Waals surface area contributed by atoms with Gasteiger partial charge in [-0.1, -0.05) is 16.8 Å². The lowest BCUT2D eigenvalue weighted by Crippen LogP contribution is -2.05. The highest BCUT2D eigenvalue weighted by molar-refractivity contribution is 6.32. The molecule has 1 aromatic carbocycles. The van der Waals surface area contributed by atoms with Gasteiger partial charge in [-0.25, -0.2) is 0 Å². The maximum atomic E-state index is 12.6. The highest BCUT2D eigenvalue weighted by atomic mass is 35.5. The molecule has 0 amide bonds. The van der Waals surface area contributed by atoms with Crippen LogP contribution in [0.2, 0.25) is 5.02 Å². The average molecular weight is 294 g/mol. The molecule has 0 unspecified atom stereocenters. The molecule has 9 heteroatoms. The molecule has 3 N–H and O–H groups in total. The van der Waals surface area contributed by atoms with Crippen LogP contribution in [0.1, 0.15) is 11.5 Å². The van der Waals surface area contributed by atoms with Gasteiger partial charge in [0, 0.05) is 0 Å². The molecule has 1 heterocycles. The zero-order valence-corrected chi connectivity index (χ0v) is 9.96. The lowest BCUT2D eigenvalue weighted by Gasteiger charge is -2.10. The molecule has 19 heavy (non-hydrogen) atoms. The van der Waals surface area contributed by atoms with Crippen molar-refractivity contribution in [3.63, 3.8) is 0 Å². The van der Waals surface area contributed by atoms with Crippen molar-refractivity contribution in [2.45, 2.75) is 12.7 Å². The minimum absolute atomic E-state index is 0.0305. The number of nitrogens with two attached hydrogens (primary N) is 1. The SMILES string of the molecule is NCc1nc(-c2cc(C(F)(F)F)cc(Cl)c2O)no1. The Kier molecular flexibility index (Phi) is 3.38. The fourth-order valence-electron chi connectivity index (χ4n) is 1.38. The van der Waals surface area contributed by atoms with Crippen LogP contribution in [0.5, 0.6) is 5.75 Å². The zero-order chi connectivity index (χ0) is 14.2. The van der Waals surface area contributed by atoms with Crippen molar-refractivity contribution in [1.82, 2.24) is 10.1 Å². The van der Waals surface area contributed by atoms with Gasteiger partial charge in [-0.05, 0) is 12.1 Å². The zero-order valence-electron chi connectivity index (χ0n) is 9.20. The molecule has 0 saturated carbocycles. The van der Waals surface area contributed by atoms with E-state index in [2.05, 4.69) is 14.7 Å². The second-order valence-electron chi connectivity index (χ2n) is 3.57. The molecular weight excluding hydrogens is 287 g/mol. The minimum atomic E-state index is -4.60. The maximum Gasteiger partial charge on any atom is 0.416 e. The molecule has 0 aliphatic rings. The van der Waals surface area contributed by atoms with Crippen molar-refractivity contribution in [3.8, 4) is 17.1 Å². The number of phenolic OH excluding ortho intramolecular Hbond substituents is 1. The number of nitrogens with zero attached hydrogens (tertiary/aromatic N) is 2. The normalized spacial score (nSPS) is 11.8. The molecule has 0 aliphatic carbocycles. The third kappa shape index (κ3) is 2.64. The van der Waals surface area contributed by atoms with Gasteiger partial charge in [-0.15, -0.1) is 0 Å². The molecule has 0 saturated heterocycles. The highest BCUT2D eigenvalue weighted by Crippen LogP contribution is 2.40. The van der Waals surface area contributed by atoms with Crippen molar-refractivity contribution in [3.05, 3.63) is 28.6 Å². The number of phenols is 1. The van der Waals surface area contributed by atoms with Gasteiger partial charge < -0.3 is 15.4 Å². The summed E-state index contributed by atoms with van der Waals surface area (Å²) in [5, 5.41) is 12.6. The van der Waals surface area contributed by atoms with Crippen LogP contribution in [0.25, 0.3) is 11.4 Å². The van der Waals surface area contributed by atoms with E-state index in [9.17, 15) is 18.3 Å². The summed E-state index contributed by atoms with van der Waals surface area (Å²) in [5.74, 6) is -0.743. The van der Waals surface area contributed by atoms with Crippen LogP contribution < -0.4 is 5.73 Å². The summed E-state index contributed by atoms with van der Waals surface area (Å²) in [5.41, 5.74) is 3.95. The Labute approximate surface area is 109 Å². The monoisotopic (exact) mass is 293 g/mol. The summed E-state index contributed by atoms with van der Waals surface area (Å²) in [6.45, 7) is -0.0690. The molecule has 0 bridgehead atoms. The first-order chi connectivity index (χ1) is 8.82. The first-order valence-corrected chi connectivity index (χ1v) is 5.33. The van der Waals surface area contributed by atoms with E-state index in [-0.39, 0.29) is 23.8 Å². The van der Waals surface area contributed by atoms with Gasteiger partial charge in [-0.3, -0.25) is 0 Å². The summed E-state index contributed by atoms with van der Waals surface area (Å²) >= 11 is 5.55. The van der Waals surface area contributed by atoms with Crippen LogP contribution in [0, 0.1) is 0 Å². The van der Waals surface area contributed by atoms with Crippen LogP contribution >= 0.6 is 11.6 Å². The third-order valence-electron chi connectivity index (χ3n) is 2.27. The van der Waals surface area contributed by atoms with Gasteiger partial charge in [0.15, 0.2) is 0 Å².